The van der Waals surface area contributed by atoms with Crippen LogP contribution in [0.3, 0.4) is 0 Å². The highest BCUT2D eigenvalue weighted by atomic mass is 35.5. The van der Waals surface area contributed by atoms with E-state index in [2.05, 4.69) is 5.32 Å². The maximum absolute atomic E-state index is 10.3. The molecule has 1 aromatic carbocycles. The van der Waals surface area contributed by atoms with Crippen LogP contribution in [0.4, 0.5) is 0 Å². The van der Waals surface area contributed by atoms with Crippen molar-refractivity contribution in [3.63, 3.8) is 0 Å². The molecule has 3 nitrogen and oxygen atoms in total. The average molecular weight is 270 g/mol. The summed E-state index contributed by atoms with van der Waals surface area (Å²) in [6, 6.07) is 2.46. The van der Waals surface area contributed by atoms with Gasteiger partial charge in [0.25, 0.3) is 0 Å². The molecule has 2 N–H and O–H groups in total. The van der Waals surface area contributed by atoms with Gasteiger partial charge in [-0.25, -0.2) is 0 Å². The largest absolute Gasteiger partial charge is 0.496 e. The summed E-state index contributed by atoms with van der Waals surface area (Å²) in [5, 5.41) is 14.3. The van der Waals surface area contributed by atoms with Crippen LogP contribution in [0.15, 0.2) is 6.07 Å². The summed E-state index contributed by atoms with van der Waals surface area (Å²) in [6.07, 6.45) is 1.83. The zero-order valence-electron chi connectivity index (χ0n) is 11.1. The number of aliphatic hydroxyl groups excluding tert-OH is 1. The van der Waals surface area contributed by atoms with Gasteiger partial charge in [-0.15, -0.1) is 0 Å². The van der Waals surface area contributed by atoms with Crippen molar-refractivity contribution in [2.75, 3.05) is 13.7 Å². The third-order valence-electron chi connectivity index (χ3n) is 3.42. The fourth-order valence-electron chi connectivity index (χ4n) is 2.19. The molecule has 0 amide bonds. The lowest BCUT2D eigenvalue weighted by Gasteiger charge is -2.20. The van der Waals surface area contributed by atoms with Gasteiger partial charge >= 0.3 is 0 Å². The van der Waals surface area contributed by atoms with Gasteiger partial charge in [-0.2, -0.15) is 0 Å². The zero-order chi connectivity index (χ0) is 13.3. The summed E-state index contributed by atoms with van der Waals surface area (Å²) in [6.45, 7) is 4.41. The number of rotatable bonds is 5. The summed E-state index contributed by atoms with van der Waals surface area (Å²) in [5.41, 5.74) is 2.66. The van der Waals surface area contributed by atoms with Crippen molar-refractivity contribution in [1.82, 2.24) is 5.32 Å². The van der Waals surface area contributed by atoms with Crippen LogP contribution < -0.4 is 10.1 Å². The van der Waals surface area contributed by atoms with Crippen LogP contribution in [0.25, 0.3) is 0 Å². The minimum atomic E-state index is -0.585. The molecule has 1 aromatic rings. The predicted octanol–water partition coefficient (Wildman–Crippen LogP) is 2.75. The molecule has 1 aliphatic carbocycles. The van der Waals surface area contributed by atoms with Gasteiger partial charge in [0.2, 0.25) is 0 Å². The summed E-state index contributed by atoms with van der Waals surface area (Å²) in [4.78, 5) is 0. The van der Waals surface area contributed by atoms with Crippen molar-refractivity contribution in [1.29, 1.82) is 0 Å². The number of ether oxygens (including phenoxy) is 1. The Morgan fingerprint density at radius 1 is 1.50 bits per heavy atom. The SMILES string of the molecule is COc1cc(C)c(Cl)c(C)c1C(O)CNC1CC1. The predicted molar refractivity (Wildman–Crippen MR) is 73.5 cm³/mol. The Labute approximate surface area is 113 Å². The number of aryl methyl sites for hydroxylation is 1. The molecule has 0 aliphatic heterocycles. The van der Waals surface area contributed by atoms with E-state index in [0.29, 0.717) is 23.4 Å². The number of aliphatic hydroxyl groups is 1. The van der Waals surface area contributed by atoms with E-state index in [0.717, 1.165) is 16.7 Å². The molecule has 18 heavy (non-hydrogen) atoms. The Hall–Kier alpha value is -0.770. The number of hydrogen-bond donors (Lipinski definition) is 2. The molecule has 1 fully saturated rings. The Balaban J connectivity index is 2.25. The number of benzene rings is 1. The molecule has 100 valence electrons. The van der Waals surface area contributed by atoms with Gasteiger partial charge in [-0.3, -0.25) is 0 Å². The van der Waals surface area contributed by atoms with Gasteiger partial charge in [-0.1, -0.05) is 11.6 Å². The van der Waals surface area contributed by atoms with Gasteiger partial charge in [0.1, 0.15) is 5.75 Å². The van der Waals surface area contributed by atoms with Crippen LogP contribution >= 0.6 is 11.6 Å². The average Bonchev–Trinajstić information content (AvgIpc) is 3.16. The molecule has 0 bridgehead atoms. The van der Waals surface area contributed by atoms with Crippen LogP contribution in [-0.2, 0) is 0 Å². The lowest BCUT2D eigenvalue weighted by atomic mass is 9.99. The fourth-order valence-corrected chi connectivity index (χ4v) is 2.34. The van der Waals surface area contributed by atoms with Crippen molar-refractivity contribution in [2.24, 2.45) is 0 Å². The maximum Gasteiger partial charge on any atom is 0.125 e. The number of halogens is 1. The Morgan fingerprint density at radius 3 is 2.72 bits per heavy atom. The van der Waals surface area contributed by atoms with Gasteiger partial charge < -0.3 is 15.2 Å². The topological polar surface area (TPSA) is 41.5 Å². The lowest BCUT2D eigenvalue weighted by molar-refractivity contribution is 0.169. The Kier molecular flexibility index (Phi) is 4.15. The third kappa shape index (κ3) is 2.79. The second-order valence-corrected chi connectivity index (χ2v) is 5.32. The van der Waals surface area contributed by atoms with Crippen molar-refractivity contribution in [2.45, 2.75) is 38.8 Å². The standard InChI is InChI=1S/C14H20ClNO2/c1-8-6-12(18-3)13(9(2)14(8)15)11(17)7-16-10-4-5-10/h6,10-11,16-17H,4-5,7H2,1-3H3. The molecule has 1 aliphatic rings. The molecule has 0 heterocycles. The molecule has 1 atom stereocenters. The van der Waals surface area contributed by atoms with E-state index in [-0.39, 0.29) is 0 Å². The maximum atomic E-state index is 10.3. The molecule has 1 saturated carbocycles. The Bertz CT molecular complexity index is 444. The lowest BCUT2D eigenvalue weighted by Crippen LogP contribution is -2.24. The zero-order valence-corrected chi connectivity index (χ0v) is 11.8. The monoisotopic (exact) mass is 269 g/mol. The fraction of sp³-hybridized carbons (Fsp3) is 0.571. The molecule has 0 aromatic heterocycles. The van der Waals surface area contributed by atoms with Crippen molar-refractivity contribution < 1.29 is 9.84 Å². The molecular weight excluding hydrogens is 250 g/mol. The van der Waals surface area contributed by atoms with Crippen molar-refractivity contribution in [3.8, 4) is 5.75 Å². The molecule has 0 saturated heterocycles. The first kappa shape index (κ1) is 13.7. The quantitative estimate of drug-likeness (QED) is 0.864. The highest BCUT2D eigenvalue weighted by Crippen LogP contribution is 2.35. The van der Waals surface area contributed by atoms with Crippen LogP contribution in [-0.4, -0.2) is 24.8 Å². The van der Waals surface area contributed by atoms with E-state index in [1.807, 2.05) is 19.9 Å². The van der Waals surface area contributed by atoms with E-state index in [1.54, 1.807) is 7.11 Å². The number of nitrogens with one attached hydrogen (secondary N) is 1. The molecule has 0 radical (unpaired) electrons. The molecule has 0 spiro atoms. The minimum Gasteiger partial charge on any atom is -0.496 e. The highest BCUT2D eigenvalue weighted by molar-refractivity contribution is 6.32. The Morgan fingerprint density at radius 2 is 2.17 bits per heavy atom. The van der Waals surface area contributed by atoms with Crippen LogP contribution in [0.5, 0.6) is 5.75 Å². The van der Waals surface area contributed by atoms with E-state index in [4.69, 9.17) is 16.3 Å². The molecular formula is C14H20ClNO2. The summed E-state index contributed by atoms with van der Waals surface area (Å²) >= 11 is 6.24. The first-order chi connectivity index (χ1) is 8.54. The van der Waals surface area contributed by atoms with Gasteiger partial charge in [0.05, 0.1) is 13.2 Å². The second kappa shape index (κ2) is 5.47. The van der Waals surface area contributed by atoms with Crippen LogP contribution in [0.2, 0.25) is 5.02 Å². The van der Waals surface area contributed by atoms with E-state index >= 15 is 0 Å². The highest BCUT2D eigenvalue weighted by Gasteiger charge is 2.24. The molecule has 2 rings (SSSR count). The molecule has 4 heteroatoms. The van der Waals surface area contributed by atoms with E-state index in [1.165, 1.54) is 12.8 Å². The summed E-state index contributed by atoms with van der Waals surface area (Å²) in [5.74, 6) is 0.708. The van der Waals surface area contributed by atoms with E-state index < -0.39 is 6.10 Å². The summed E-state index contributed by atoms with van der Waals surface area (Å²) < 4.78 is 5.36. The number of hydrogen-bond acceptors (Lipinski definition) is 3. The first-order valence-corrected chi connectivity index (χ1v) is 6.67. The van der Waals surface area contributed by atoms with Crippen molar-refractivity contribution in [3.05, 3.63) is 27.8 Å². The minimum absolute atomic E-state index is 0.543. The van der Waals surface area contributed by atoms with Crippen LogP contribution in [0.1, 0.15) is 35.6 Å². The summed E-state index contributed by atoms with van der Waals surface area (Å²) in [7, 11) is 1.62. The molecule has 1 unspecified atom stereocenters. The normalized spacial score (nSPS) is 16.7. The van der Waals surface area contributed by atoms with E-state index in [9.17, 15) is 5.11 Å². The van der Waals surface area contributed by atoms with Gasteiger partial charge in [0.15, 0.2) is 0 Å². The van der Waals surface area contributed by atoms with Gasteiger partial charge in [0, 0.05) is 23.2 Å². The smallest absolute Gasteiger partial charge is 0.125 e. The second-order valence-electron chi connectivity index (χ2n) is 4.95. The van der Waals surface area contributed by atoms with Crippen molar-refractivity contribution >= 4 is 11.6 Å². The number of methoxy groups -OCH3 is 1. The third-order valence-corrected chi connectivity index (χ3v) is 4.00. The van der Waals surface area contributed by atoms with Crippen LogP contribution in [0, 0.1) is 13.8 Å². The van der Waals surface area contributed by atoms with Gasteiger partial charge in [-0.05, 0) is 43.9 Å². The first-order valence-electron chi connectivity index (χ1n) is 6.29.